The van der Waals surface area contributed by atoms with Crippen molar-refractivity contribution in [1.29, 1.82) is 0 Å². The van der Waals surface area contributed by atoms with Crippen molar-refractivity contribution in [3.63, 3.8) is 0 Å². The van der Waals surface area contributed by atoms with Crippen LogP contribution in [-0.2, 0) is 0 Å². The molecule has 0 aliphatic carbocycles. The summed E-state index contributed by atoms with van der Waals surface area (Å²) in [4.78, 5) is 20.3. The van der Waals surface area contributed by atoms with E-state index in [4.69, 9.17) is 19.2 Å². The molecule has 0 N–H and O–H groups in total. The highest BCUT2D eigenvalue weighted by atomic mass is 16.5. The van der Waals surface area contributed by atoms with Crippen LogP contribution in [0.1, 0.15) is 30.1 Å². The zero-order valence-electron chi connectivity index (χ0n) is 18.5. The number of carbonyl (C=O) groups excluding carboxylic acids is 1. The molecule has 1 aromatic heterocycles. The number of benzene rings is 2. The minimum absolute atomic E-state index is 0.0545. The molecule has 1 aliphatic heterocycles. The Hall–Kier alpha value is -3.28. The van der Waals surface area contributed by atoms with E-state index >= 15 is 0 Å². The standard InChI is InChI=1S/C25H28N2O4/c1-16-8-7-11-27(15-16)25(28)19-14-21(26-20-10-6-5-9-18(19)20)17-12-22(29-2)24(31-4)23(13-17)30-3/h5-6,9-10,12-14,16H,7-8,11,15H2,1-4H3/t16-/m1/s1. The lowest BCUT2D eigenvalue weighted by atomic mass is 9.98. The summed E-state index contributed by atoms with van der Waals surface area (Å²) in [6.07, 6.45) is 2.20. The number of fused-ring (bicyclic) bond motifs is 1. The summed E-state index contributed by atoms with van der Waals surface area (Å²) in [5.41, 5.74) is 2.93. The van der Waals surface area contributed by atoms with Crippen molar-refractivity contribution in [1.82, 2.24) is 9.88 Å². The van der Waals surface area contributed by atoms with Crippen molar-refractivity contribution >= 4 is 16.8 Å². The highest BCUT2D eigenvalue weighted by molar-refractivity contribution is 6.07. The van der Waals surface area contributed by atoms with Crippen molar-refractivity contribution < 1.29 is 19.0 Å². The van der Waals surface area contributed by atoms with Crippen molar-refractivity contribution in [2.24, 2.45) is 5.92 Å². The van der Waals surface area contributed by atoms with Crippen LogP contribution in [0, 0.1) is 5.92 Å². The number of rotatable bonds is 5. The first-order chi connectivity index (χ1) is 15.0. The third-order valence-electron chi connectivity index (χ3n) is 5.85. The fourth-order valence-electron chi connectivity index (χ4n) is 4.27. The number of pyridine rings is 1. The number of likely N-dealkylation sites (tertiary alicyclic amines) is 1. The number of amides is 1. The van der Waals surface area contributed by atoms with E-state index in [2.05, 4.69) is 6.92 Å². The number of carbonyl (C=O) groups is 1. The average Bonchev–Trinajstić information content (AvgIpc) is 2.81. The van der Waals surface area contributed by atoms with Gasteiger partial charge >= 0.3 is 0 Å². The molecular weight excluding hydrogens is 392 g/mol. The lowest BCUT2D eigenvalue weighted by Gasteiger charge is -2.31. The topological polar surface area (TPSA) is 60.9 Å². The molecule has 1 fully saturated rings. The van der Waals surface area contributed by atoms with Gasteiger partial charge < -0.3 is 19.1 Å². The van der Waals surface area contributed by atoms with Crippen molar-refractivity contribution in [3.8, 4) is 28.5 Å². The summed E-state index contributed by atoms with van der Waals surface area (Å²) in [6, 6.07) is 13.4. The zero-order valence-corrected chi connectivity index (χ0v) is 18.5. The third kappa shape index (κ3) is 4.02. The molecule has 2 aromatic carbocycles. The first kappa shape index (κ1) is 21.0. The first-order valence-corrected chi connectivity index (χ1v) is 10.5. The number of piperidine rings is 1. The molecule has 6 nitrogen and oxygen atoms in total. The molecule has 162 valence electrons. The SMILES string of the molecule is COc1cc(-c2cc(C(=O)N3CCC[C@@H](C)C3)c3ccccc3n2)cc(OC)c1OC. The normalized spacial score (nSPS) is 16.3. The van der Waals surface area contributed by atoms with Gasteiger partial charge in [-0.25, -0.2) is 4.98 Å². The third-order valence-corrected chi connectivity index (χ3v) is 5.85. The largest absolute Gasteiger partial charge is 0.493 e. The Morgan fingerprint density at radius 3 is 2.39 bits per heavy atom. The lowest BCUT2D eigenvalue weighted by molar-refractivity contribution is 0.0685. The second-order valence-electron chi connectivity index (χ2n) is 7.98. The molecule has 6 heteroatoms. The smallest absolute Gasteiger partial charge is 0.254 e. The molecule has 31 heavy (non-hydrogen) atoms. The minimum Gasteiger partial charge on any atom is -0.493 e. The summed E-state index contributed by atoms with van der Waals surface area (Å²) in [6.45, 7) is 3.78. The maximum atomic E-state index is 13.5. The van der Waals surface area contributed by atoms with Gasteiger partial charge in [0.25, 0.3) is 5.91 Å². The average molecular weight is 421 g/mol. The summed E-state index contributed by atoms with van der Waals surface area (Å²) in [5.74, 6) is 2.18. The van der Waals surface area contributed by atoms with E-state index in [0.717, 1.165) is 42.4 Å². The van der Waals surface area contributed by atoms with Crippen LogP contribution in [0.25, 0.3) is 22.2 Å². The van der Waals surface area contributed by atoms with Crippen LogP contribution < -0.4 is 14.2 Å². The van der Waals surface area contributed by atoms with Gasteiger partial charge in [-0.2, -0.15) is 0 Å². The van der Waals surface area contributed by atoms with Crippen molar-refractivity contribution in [2.75, 3.05) is 34.4 Å². The first-order valence-electron chi connectivity index (χ1n) is 10.5. The quantitative estimate of drug-likeness (QED) is 0.593. The van der Waals surface area contributed by atoms with Crippen LogP contribution in [0.15, 0.2) is 42.5 Å². The number of nitrogens with zero attached hydrogens (tertiary/aromatic N) is 2. The maximum Gasteiger partial charge on any atom is 0.254 e. The van der Waals surface area contributed by atoms with E-state index in [-0.39, 0.29) is 5.91 Å². The van der Waals surface area contributed by atoms with Gasteiger partial charge in [0.15, 0.2) is 11.5 Å². The Balaban J connectivity index is 1.86. The Labute approximate surface area is 182 Å². The van der Waals surface area contributed by atoms with Crippen LogP contribution in [0.4, 0.5) is 0 Å². The molecule has 0 unspecified atom stereocenters. The number of methoxy groups -OCH3 is 3. The van der Waals surface area contributed by atoms with E-state index in [0.29, 0.717) is 34.4 Å². The van der Waals surface area contributed by atoms with Gasteiger partial charge in [0.1, 0.15) is 0 Å². The van der Waals surface area contributed by atoms with Crippen molar-refractivity contribution in [2.45, 2.75) is 19.8 Å². The van der Waals surface area contributed by atoms with Crippen LogP contribution in [0.5, 0.6) is 17.2 Å². The van der Waals surface area contributed by atoms with Gasteiger partial charge in [-0.05, 0) is 43.0 Å². The van der Waals surface area contributed by atoms with Gasteiger partial charge in [0.05, 0.1) is 38.1 Å². The molecule has 0 spiro atoms. The Kier molecular flexibility index (Phi) is 5.98. The number of hydrogen-bond acceptors (Lipinski definition) is 5. The van der Waals surface area contributed by atoms with Crippen LogP contribution in [0.3, 0.4) is 0 Å². The fourth-order valence-corrected chi connectivity index (χ4v) is 4.27. The van der Waals surface area contributed by atoms with Crippen LogP contribution >= 0.6 is 0 Å². The van der Waals surface area contributed by atoms with E-state index in [1.165, 1.54) is 0 Å². The van der Waals surface area contributed by atoms with Crippen LogP contribution in [-0.4, -0.2) is 50.2 Å². The number of ether oxygens (including phenoxy) is 3. The monoisotopic (exact) mass is 420 g/mol. The Morgan fingerprint density at radius 1 is 1.03 bits per heavy atom. The molecule has 3 aromatic rings. The van der Waals surface area contributed by atoms with E-state index in [9.17, 15) is 4.79 Å². The number of aromatic nitrogens is 1. The lowest BCUT2D eigenvalue weighted by Crippen LogP contribution is -2.39. The predicted octanol–water partition coefficient (Wildman–Crippen LogP) is 4.80. The molecular formula is C25H28N2O4. The molecule has 0 bridgehead atoms. The molecule has 0 radical (unpaired) electrons. The molecule has 1 aliphatic rings. The minimum atomic E-state index is 0.0545. The molecule has 1 amide bonds. The summed E-state index contributed by atoms with van der Waals surface area (Å²) >= 11 is 0. The molecule has 1 saturated heterocycles. The van der Waals surface area contributed by atoms with Gasteiger partial charge in [0, 0.05) is 24.0 Å². The number of para-hydroxylation sites is 1. The van der Waals surface area contributed by atoms with Gasteiger partial charge in [-0.3, -0.25) is 4.79 Å². The zero-order chi connectivity index (χ0) is 22.0. The summed E-state index contributed by atoms with van der Waals surface area (Å²) in [5, 5.41) is 0.863. The Bertz CT molecular complexity index is 1090. The molecule has 1 atom stereocenters. The van der Waals surface area contributed by atoms with Gasteiger partial charge in [-0.15, -0.1) is 0 Å². The fraction of sp³-hybridized carbons (Fsp3) is 0.360. The van der Waals surface area contributed by atoms with Crippen LogP contribution in [0.2, 0.25) is 0 Å². The van der Waals surface area contributed by atoms with Gasteiger partial charge in [-0.1, -0.05) is 25.1 Å². The summed E-state index contributed by atoms with van der Waals surface area (Å²) in [7, 11) is 4.74. The maximum absolute atomic E-state index is 13.5. The molecule has 4 rings (SSSR count). The van der Waals surface area contributed by atoms with E-state index < -0.39 is 0 Å². The predicted molar refractivity (Wildman–Crippen MR) is 121 cm³/mol. The summed E-state index contributed by atoms with van der Waals surface area (Å²) < 4.78 is 16.4. The van der Waals surface area contributed by atoms with E-state index in [1.54, 1.807) is 21.3 Å². The number of hydrogen-bond donors (Lipinski definition) is 0. The van der Waals surface area contributed by atoms with Gasteiger partial charge in [0.2, 0.25) is 5.75 Å². The molecule has 0 saturated carbocycles. The molecule has 2 heterocycles. The second-order valence-corrected chi connectivity index (χ2v) is 7.98. The highest BCUT2D eigenvalue weighted by Crippen LogP contribution is 2.41. The highest BCUT2D eigenvalue weighted by Gasteiger charge is 2.25. The second kappa shape index (κ2) is 8.84. The van der Waals surface area contributed by atoms with Crippen molar-refractivity contribution in [3.05, 3.63) is 48.0 Å². The van der Waals surface area contributed by atoms with E-state index in [1.807, 2.05) is 47.4 Å². The Morgan fingerprint density at radius 2 is 1.74 bits per heavy atom.